The Balaban J connectivity index is 1.71. The summed E-state index contributed by atoms with van der Waals surface area (Å²) in [5, 5.41) is 11.7. The average molecular weight is 293 g/mol. The summed E-state index contributed by atoms with van der Waals surface area (Å²) in [5.74, 6) is 1.24. The fraction of sp³-hybridized carbons (Fsp3) is 0.267. The molecule has 0 saturated carbocycles. The molecule has 0 spiro atoms. The Morgan fingerprint density at radius 2 is 1.73 bits per heavy atom. The Labute approximate surface area is 127 Å². The molecule has 0 bridgehead atoms. The first-order chi connectivity index (χ1) is 10.9. The van der Waals surface area contributed by atoms with Gasteiger partial charge in [-0.1, -0.05) is 12.1 Å². The van der Waals surface area contributed by atoms with Crippen molar-refractivity contribution in [3.05, 3.63) is 36.5 Å². The van der Waals surface area contributed by atoms with Crippen molar-refractivity contribution in [3.63, 3.8) is 0 Å². The Morgan fingerprint density at radius 1 is 0.909 bits per heavy atom. The van der Waals surface area contributed by atoms with Gasteiger partial charge in [0.05, 0.1) is 5.52 Å². The highest BCUT2D eigenvalue weighted by Gasteiger charge is 2.14. The van der Waals surface area contributed by atoms with E-state index in [1.54, 1.807) is 6.20 Å². The van der Waals surface area contributed by atoms with Crippen LogP contribution in [0.2, 0.25) is 0 Å². The number of fused-ring (bicyclic) bond motifs is 1. The van der Waals surface area contributed by atoms with Crippen molar-refractivity contribution in [1.82, 2.24) is 30.5 Å². The van der Waals surface area contributed by atoms with Crippen molar-refractivity contribution in [3.8, 4) is 11.5 Å². The van der Waals surface area contributed by atoms with Crippen LogP contribution in [0, 0.1) is 0 Å². The van der Waals surface area contributed by atoms with Gasteiger partial charge in [-0.3, -0.25) is 0 Å². The summed E-state index contributed by atoms with van der Waals surface area (Å²) in [6, 6.07) is 9.49. The fourth-order valence-electron chi connectivity index (χ4n) is 2.48. The van der Waals surface area contributed by atoms with Gasteiger partial charge in [0.1, 0.15) is 11.2 Å². The Morgan fingerprint density at radius 3 is 2.59 bits per heavy atom. The zero-order valence-corrected chi connectivity index (χ0v) is 12.0. The smallest absolute Gasteiger partial charge is 0.226 e. The Bertz CT molecular complexity index is 799. The molecular weight excluding hydrogens is 278 g/mol. The lowest BCUT2D eigenvalue weighted by atomic mass is 10.3. The number of hydrogen-bond donors (Lipinski definition) is 1. The summed E-state index contributed by atoms with van der Waals surface area (Å²) in [6.45, 7) is 3.70. The molecule has 0 amide bonds. The van der Waals surface area contributed by atoms with Crippen LogP contribution in [0.15, 0.2) is 36.5 Å². The second-order valence-corrected chi connectivity index (χ2v) is 5.10. The molecule has 1 aromatic carbocycles. The number of benzene rings is 1. The number of aromatic nitrogens is 5. The zero-order chi connectivity index (χ0) is 14.8. The molecule has 1 saturated heterocycles. The van der Waals surface area contributed by atoms with Crippen molar-refractivity contribution in [2.75, 3.05) is 31.1 Å². The van der Waals surface area contributed by atoms with Crippen molar-refractivity contribution < 1.29 is 0 Å². The van der Waals surface area contributed by atoms with E-state index in [0.29, 0.717) is 11.5 Å². The molecule has 3 aromatic rings. The molecule has 22 heavy (non-hydrogen) atoms. The van der Waals surface area contributed by atoms with E-state index in [1.807, 2.05) is 30.3 Å². The minimum Gasteiger partial charge on any atom is -0.338 e. The Hall–Kier alpha value is -2.67. The number of rotatable bonds is 2. The molecule has 1 aliphatic heterocycles. The van der Waals surface area contributed by atoms with Crippen molar-refractivity contribution in [2.24, 2.45) is 0 Å². The first kappa shape index (κ1) is 13.0. The van der Waals surface area contributed by atoms with Gasteiger partial charge in [-0.15, -0.1) is 10.2 Å². The van der Waals surface area contributed by atoms with Crippen LogP contribution >= 0.6 is 0 Å². The molecule has 4 rings (SSSR count). The van der Waals surface area contributed by atoms with Crippen LogP contribution in [-0.4, -0.2) is 51.3 Å². The fourth-order valence-corrected chi connectivity index (χ4v) is 2.48. The highest BCUT2D eigenvalue weighted by molar-refractivity contribution is 5.74. The maximum atomic E-state index is 4.60. The predicted octanol–water partition coefficient (Wildman–Crippen LogP) is 0.891. The first-order valence-corrected chi connectivity index (χ1v) is 7.29. The van der Waals surface area contributed by atoms with Crippen molar-refractivity contribution in [1.29, 1.82) is 0 Å². The molecule has 7 nitrogen and oxygen atoms in total. The monoisotopic (exact) mass is 293 g/mol. The van der Waals surface area contributed by atoms with Gasteiger partial charge in [0.25, 0.3) is 0 Å². The van der Waals surface area contributed by atoms with Gasteiger partial charge in [0, 0.05) is 32.4 Å². The van der Waals surface area contributed by atoms with Crippen LogP contribution in [0.3, 0.4) is 0 Å². The van der Waals surface area contributed by atoms with Gasteiger partial charge in [0.2, 0.25) is 11.8 Å². The lowest BCUT2D eigenvalue weighted by molar-refractivity contribution is 0.580. The molecule has 2 aromatic heterocycles. The minimum atomic E-state index is 0.525. The molecule has 0 unspecified atom stereocenters. The molecule has 3 heterocycles. The van der Waals surface area contributed by atoms with Crippen molar-refractivity contribution in [2.45, 2.75) is 0 Å². The highest BCUT2D eigenvalue weighted by atomic mass is 15.3. The summed E-state index contributed by atoms with van der Waals surface area (Å²) in [6.07, 6.45) is 1.75. The summed E-state index contributed by atoms with van der Waals surface area (Å²) in [4.78, 5) is 15.7. The quantitative estimate of drug-likeness (QED) is 0.751. The summed E-state index contributed by atoms with van der Waals surface area (Å²) in [7, 11) is 0. The van der Waals surface area contributed by atoms with Gasteiger partial charge in [0.15, 0.2) is 0 Å². The van der Waals surface area contributed by atoms with E-state index in [-0.39, 0.29) is 0 Å². The minimum absolute atomic E-state index is 0.525. The SMILES string of the molecule is c1ccc2nc(-c3ccnc(N4CCNCC4)n3)nnc2c1. The third-order valence-corrected chi connectivity index (χ3v) is 3.63. The summed E-state index contributed by atoms with van der Waals surface area (Å²) >= 11 is 0. The standard InChI is InChI=1S/C15H15N7/c1-2-4-12-11(3-1)18-14(21-20-12)13-5-6-17-15(19-13)22-9-7-16-8-10-22/h1-6,16H,7-10H2. The number of nitrogens with zero attached hydrogens (tertiary/aromatic N) is 6. The number of hydrogen-bond acceptors (Lipinski definition) is 7. The number of anilines is 1. The molecule has 110 valence electrons. The van der Waals surface area contributed by atoms with Gasteiger partial charge in [-0.25, -0.2) is 15.0 Å². The normalized spacial score (nSPS) is 15.2. The van der Waals surface area contributed by atoms with Crippen LogP contribution in [-0.2, 0) is 0 Å². The molecule has 0 aliphatic carbocycles. The van der Waals surface area contributed by atoms with Gasteiger partial charge >= 0.3 is 0 Å². The second-order valence-electron chi connectivity index (χ2n) is 5.10. The second kappa shape index (κ2) is 5.61. The average Bonchev–Trinajstić information content (AvgIpc) is 2.62. The van der Waals surface area contributed by atoms with E-state index < -0.39 is 0 Å². The predicted molar refractivity (Wildman–Crippen MR) is 83.4 cm³/mol. The maximum Gasteiger partial charge on any atom is 0.226 e. The molecule has 1 fully saturated rings. The number of piperazine rings is 1. The van der Waals surface area contributed by atoms with Gasteiger partial charge in [-0.05, 0) is 18.2 Å². The molecule has 0 atom stereocenters. The molecule has 1 aliphatic rings. The lowest BCUT2D eigenvalue weighted by Gasteiger charge is -2.27. The van der Waals surface area contributed by atoms with Gasteiger partial charge in [-0.2, -0.15) is 0 Å². The zero-order valence-electron chi connectivity index (χ0n) is 12.0. The van der Waals surface area contributed by atoms with Crippen molar-refractivity contribution >= 4 is 17.0 Å². The van der Waals surface area contributed by atoms with Gasteiger partial charge < -0.3 is 10.2 Å². The largest absolute Gasteiger partial charge is 0.338 e. The van der Waals surface area contributed by atoms with E-state index >= 15 is 0 Å². The van der Waals surface area contributed by atoms with E-state index in [1.165, 1.54) is 0 Å². The summed E-state index contributed by atoms with van der Waals surface area (Å²) < 4.78 is 0. The Kier molecular flexibility index (Phi) is 3.32. The lowest BCUT2D eigenvalue weighted by Crippen LogP contribution is -2.44. The molecule has 1 N–H and O–H groups in total. The topological polar surface area (TPSA) is 79.7 Å². The van der Waals surface area contributed by atoms with Crippen LogP contribution < -0.4 is 10.2 Å². The maximum absolute atomic E-state index is 4.60. The van der Waals surface area contributed by atoms with E-state index in [2.05, 4.69) is 35.4 Å². The van der Waals surface area contributed by atoms with Crippen LogP contribution in [0.1, 0.15) is 0 Å². The molecule has 0 radical (unpaired) electrons. The van der Waals surface area contributed by atoms with E-state index in [4.69, 9.17) is 0 Å². The number of nitrogens with one attached hydrogen (secondary N) is 1. The van der Waals surface area contributed by atoms with E-state index in [9.17, 15) is 0 Å². The third kappa shape index (κ3) is 2.46. The van der Waals surface area contributed by atoms with Crippen LogP contribution in [0.4, 0.5) is 5.95 Å². The molecule has 7 heteroatoms. The van der Waals surface area contributed by atoms with Crippen LogP contribution in [0.5, 0.6) is 0 Å². The van der Waals surface area contributed by atoms with Crippen LogP contribution in [0.25, 0.3) is 22.6 Å². The molecular formula is C15H15N7. The first-order valence-electron chi connectivity index (χ1n) is 7.29. The highest BCUT2D eigenvalue weighted by Crippen LogP contribution is 2.17. The summed E-state index contributed by atoms with van der Waals surface area (Å²) in [5.41, 5.74) is 2.29. The van der Waals surface area contributed by atoms with E-state index in [0.717, 1.165) is 43.2 Å². The third-order valence-electron chi connectivity index (χ3n) is 3.63. The number of para-hydroxylation sites is 1.